The summed E-state index contributed by atoms with van der Waals surface area (Å²) in [6.07, 6.45) is 5.49. The molecule has 3 fully saturated rings. The second kappa shape index (κ2) is 11.3. The molecule has 7 heteroatoms. The number of rotatable bonds is 5. The van der Waals surface area contributed by atoms with Crippen LogP contribution in [0, 0.1) is 11.3 Å². The van der Waals surface area contributed by atoms with Gasteiger partial charge in [-0.2, -0.15) is 0 Å². The van der Waals surface area contributed by atoms with Gasteiger partial charge in [0.2, 0.25) is 0 Å². The number of guanidine groups is 1. The normalized spacial score (nSPS) is 31.8. The summed E-state index contributed by atoms with van der Waals surface area (Å²) in [4.78, 5) is 7.49. The first kappa shape index (κ1) is 24.2. The van der Waals surface area contributed by atoms with Crippen LogP contribution < -0.4 is 10.6 Å². The lowest BCUT2D eigenvalue weighted by molar-refractivity contribution is -0.0823. The van der Waals surface area contributed by atoms with E-state index < -0.39 is 0 Å². The van der Waals surface area contributed by atoms with Crippen molar-refractivity contribution in [2.75, 3.05) is 45.9 Å². The van der Waals surface area contributed by atoms with E-state index in [4.69, 9.17) is 14.5 Å². The van der Waals surface area contributed by atoms with Crippen molar-refractivity contribution in [1.29, 1.82) is 0 Å². The fourth-order valence-electron chi connectivity index (χ4n) is 4.76. The minimum absolute atomic E-state index is 0. The number of morpholine rings is 1. The zero-order valence-electron chi connectivity index (χ0n) is 18.2. The molecule has 0 spiro atoms. The minimum atomic E-state index is 0. The highest BCUT2D eigenvalue weighted by Gasteiger charge is 2.35. The van der Waals surface area contributed by atoms with Gasteiger partial charge >= 0.3 is 0 Å². The van der Waals surface area contributed by atoms with E-state index in [1.54, 1.807) is 0 Å². The highest BCUT2D eigenvalue weighted by atomic mass is 127. The Bertz CT molecular complexity index is 497. The van der Waals surface area contributed by atoms with Gasteiger partial charge in [-0.15, -0.1) is 24.0 Å². The summed E-state index contributed by atoms with van der Waals surface area (Å²) in [6.45, 7) is 15.5. The van der Waals surface area contributed by atoms with Gasteiger partial charge in [0.1, 0.15) is 0 Å². The number of hydrogen-bond acceptors (Lipinski definition) is 4. The second-order valence-corrected chi connectivity index (χ2v) is 9.41. The predicted octanol–water partition coefficient (Wildman–Crippen LogP) is 2.86. The summed E-state index contributed by atoms with van der Waals surface area (Å²) >= 11 is 0. The van der Waals surface area contributed by atoms with Gasteiger partial charge in [0.05, 0.1) is 18.8 Å². The number of fused-ring (bicyclic) bond motifs is 1. The van der Waals surface area contributed by atoms with Gasteiger partial charge in [0.25, 0.3) is 0 Å². The minimum Gasteiger partial charge on any atom is -0.377 e. The number of halogens is 1. The van der Waals surface area contributed by atoms with E-state index in [1.807, 2.05) is 0 Å². The first-order valence-corrected chi connectivity index (χ1v) is 11.0. The summed E-state index contributed by atoms with van der Waals surface area (Å²) in [5.74, 6) is 1.40. The Balaban J connectivity index is 0.00000280. The zero-order chi connectivity index (χ0) is 19.3. The third-order valence-electron chi connectivity index (χ3n) is 6.09. The van der Waals surface area contributed by atoms with E-state index >= 15 is 0 Å². The predicted molar refractivity (Wildman–Crippen MR) is 126 cm³/mol. The molecule has 3 aliphatic rings. The van der Waals surface area contributed by atoms with Gasteiger partial charge in [-0.3, -0.25) is 9.89 Å². The monoisotopic (exact) mass is 508 g/mol. The molecule has 6 nitrogen and oxygen atoms in total. The van der Waals surface area contributed by atoms with E-state index in [2.05, 4.69) is 43.2 Å². The molecule has 3 aliphatic heterocycles. The lowest BCUT2D eigenvalue weighted by Gasteiger charge is -2.39. The third kappa shape index (κ3) is 6.71. The first-order valence-electron chi connectivity index (χ1n) is 11.0. The fraction of sp³-hybridized carbons (Fsp3) is 0.952. The van der Waals surface area contributed by atoms with Crippen LogP contribution >= 0.6 is 24.0 Å². The largest absolute Gasteiger partial charge is 0.377 e. The molecule has 0 aromatic heterocycles. The SMILES string of the molecule is CCNC(=NCC1CCCOC1C(C)(C)C)NCC1CN2CCCC2CO1.I. The molecule has 0 aromatic carbocycles. The van der Waals surface area contributed by atoms with Gasteiger partial charge in [-0.05, 0) is 44.6 Å². The molecular formula is C21H41IN4O2. The summed E-state index contributed by atoms with van der Waals surface area (Å²) in [5, 5.41) is 6.90. The van der Waals surface area contributed by atoms with Crippen molar-refractivity contribution in [3.63, 3.8) is 0 Å². The molecule has 3 saturated heterocycles. The van der Waals surface area contributed by atoms with E-state index in [1.165, 1.54) is 25.8 Å². The van der Waals surface area contributed by atoms with E-state index in [9.17, 15) is 0 Å². The van der Waals surface area contributed by atoms with Crippen molar-refractivity contribution < 1.29 is 9.47 Å². The average molecular weight is 508 g/mol. The molecule has 0 amide bonds. The molecule has 164 valence electrons. The summed E-state index contributed by atoms with van der Waals surface area (Å²) in [6, 6.07) is 0.656. The molecule has 0 bridgehead atoms. The van der Waals surface area contributed by atoms with Crippen LogP contribution in [0.1, 0.15) is 53.4 Å². The number of nitrogens with zero attached hydrogens (tertiary/aromatic N) is 2. The van der Waals surface area contributed by atoms with Crippen LogP contribution in [0.4, 0.5) is 0 Å². The standard InChI is InChI=1S/C21H40N4O2.HI/c1-5-22-20(23-12-16-8-7-11-26-19(16)21(2,3)4)24-13-18-14-25-10-6-9-17(25)15-27-18;/h16-19H,5-15H2,1-4H3,(H2,22,23,24);1H. The van der Waals surface area contributed by atoms with Crippen LogP contribution in [-0.2, 0) is 9.47 Å². The second-order valence-electron chi connectivity index (χ2n) is 9.41. The molecule has 0 saturated carbocycles. The molecular weight excluding hydrogens is 467 g/mol. The summed E-state index contributed by atoms with van der Waals surface area (Å²) in [5.41, 5.74) is 0.161. The number of hydrogen-bond donors (Lipinski definition) is 2. The van der Waals surface area contributed by atoms with Crippen LogP contribution in [0.25, 0.3) is 0 Å². The molecule has 28 heavy (non-hydrogen) atoms. The van der Waals surface area contributed by atoms with Crippen LogP contribution in [0.2, 0.25) is 0 Å². The Kier molecular flexibility index (Phi) is 9.76. The lowest BCUT2D eigenvalue weighted by atomic mass is 9.78. The van der Waals surface area contributed by atoms with Gasteiger partial charge in [-0.1, -0.05) is 20.8 Å². The van der Waals surface area contributed by atoms with Crippen LogP contribution in [0.15, 0.2) is 4.99 Å². The van der Waals surface area contributed by atoms with Crippen molar-refractivity contribution >= 4 is 29.9 Å². The van der Waals surface area contributed by atoms with Crippen LogP contribution in [-0.4, -0.2) is 75.0 Å². The molecule has 0 aromatic rings. The zero-order valence-corrected chi connectivity index (χ0v) is 20.5. The highest BCUT2D eigenvalue weighted by molar-refractivity contribution is 14.0. The third-order valence-corrected chi connectivity index (χ3v) is 6.09. The van der Waals surface area contributed by atoms with E-state index in [0.717, 1.165) is 51.8 Å². The average Bonchev–Trinajstić information content (AvgIpc) is 3.11. The van der Waals surface area contributed by atoms with Crippen molar-refractivity contribution in [3.8, 4) is 0 Å². The molecule has 4 unspecified atom stereocenters. The first-order chi connectivity index (χ1) is 13.0. The Hall–Kier alpha value is -0.120. The van der Waals surface area contributed by atoms with Gasteiger partial charge in [0.15, 0.2) is 5.96 Å². The maximum Gasteiger partial charge on any atom is 0.191 e. The highest BCUT2D eigenvalue weighted by Crippen LogP contribution is 2.34. The Morgan fingerprint density at radius 3 is 2.71 bits per heavy atom. The summed E-state index contributed by atoms with van der Waals surface area (Å²) in [7, 11) is 0. The van der Waals surface area contributed by atoms with Gasteiger partial charge in [-0.25, -0.2) is 0 Å². The fourth-order valence-corrected chi connectivity index (χ4v) is 4.76. The van der Waals surface area contributed by atoms with Crippen LogP contribution in [0.5, 0.6) is 0 Å². The number of ether oxygens (including phenoxy) is 2. The molecule has 0 aliphatic carbocycles. The maximum atomic E-state index is 6.11. The Morgan fingerprint density at radius 1 is 1.14 bits per heavy atom. The van der Waals surface area contributed by atoms with Crippen molar-refractivity contribution in [3.05, 3.63) is 0 Å². The topological polar surface area (TPSA) is 58.1 Å². The van der Waals surface area contributed by atoms with Crippen molar-refractivity contribution in [2.24, 2.45) is 16.3 Å². The van der Waals surface area contributed by atoms with Gasteiger partial charge < -0.3 is 20.1 Å². The number of aliphatic imine (C=N–C) groups is 1. The molecule has 3 heterocycles. The molecule has 2 N–H and O–H groups in total. The molecule has 3 rings (SSSR count). The van der Waals surface area contributed by atoms with E-state index in [-0.39, 0.29) is 41.6 Å². The Labute approximate surface area is 188 Å². The lowest BCUT2D eigenvalue weighted by Crippen LogP contribution is -2.51. The number of nitrogens with one attached hydrogen (secondary N) is 2. The summed E-state index contributed by atoms with van der Waals surface area (Å²) < 4.78 is 12.2. The molecule has 0 radical (unpaired) electrons. The van der Waals surface area contributed by atoms with Crippen LogP contribution in [0.3, 0.4) is 0 Å². The van der Waals surface area contributed by atoms with Gasteiger partial charge in [0, 0.05) is 44.7 Å². The molecule has 4 atom stereocenters. The van der Waals surface area contributed by atoms with E-state index in [0.29, 0.717) is 12.0 Å². The maximum absolute atomic E-state index is 6.11. The smallest absolute Gasteiger partial charge is 0.191 e. The van der Waals surface area contributed by atoms with Crippen molar-refractivity contribution in [1.82, 2.24) is 15.5 Å². The van der Waals surface area contributed by atoms with Crippen molar-refractivity contribution in [2.45, 2.75) is 71.6 Å². The Morgan fingerprint density at radius 2 is 1.96 bits per heavy atom. The quantitative estimate of drug-likeness (QED) is 0.340.